The summed E-state index contributed by atoms with van der Waals surface area (Å²) in [6.07, 6.45) is 0. The van der Waals surface area contributed by atoms with E-state index < -0.39 is 28.0 Å². The number of ether oxygens (including phenoxy) is 2. The normalized spacial score (nSPS) is 19.6. The summed E-state index contributed by atoms with van der Waals surface area (Å²) in [7, 11) is -5.19. The fourth-order valence-corrected chi connectivity index (χ4v) is 5.33. The van der Waals surface area contributed by atoms with Gasteiger partial charge in [-0.05, 0) is 0 Å². The second-order valence-electron chi connectivity index (χ2n) is 3.11. The van der Waals surface area contributed by atoms with Crippen LogP contribution in [0, 0.1) is 0 Å². The number of methoxy groups -OCH3 is 2. The summed E-state index contributed by atoms with van der Waals surface area (Å²) < 4.78 is 39.8. The zero-order valence-electron chi connectivity index (χ0n) is 11.5. The van der Waals surface area contributed by atoms with Crippen LogP contribution in [0.1, 0.15) is 0 Å². The molecule has 0 N–H and O–H groups in total. The predicted octanol–water partition coefficient (Wildman–Crippen LogP) is -9.07. The molecule has 8 nitrogen and oxygen atoms in total. The van der Waals surface area contributed by atoms with Crippen molar-refractivity contribution in [2.24, 2.45) is 0 Å². The Hall–Kier alpha value is 2.50. The topological polar surface area (TPSA) is 117 Å². The molecule has 0 aliphatic carbocycles. The van der Waals surface area contributed by atoms with Gasteiger partial charge in [-0.3, -0.25) is 0 Å². The van der Waals surface area contributed by atoms with Crippen LogP contribution in [0.3, 0.4) is 0 Å². The summed E-state index contributed by atoms with van der Waals surface area (Å²) in [5.41, 5.74) is 0. The van der Waals surface area contributed by atoms with E-state index in [1.807, 2.05) is 0 Å². The Morgan fingerprint density at radius 3 is 1.30 bits per heavy atom. The molecule has 0 aromatic rings. The second kappa shape index (κ2) is 12.9. The van der Waals surface area contributed by atoms with Gasteiger partial charge in [0.2, 0.25) is 0 Å². The SMILES string of the molecule is COCC(C(COC)S(=O)(=S)O[O-])S(=O)(=S)O[O-].[Na+].[Na+]. The Bertz CT molecular complexity index is 396. The molecule has 0 rings (SSSR count). The number of rotatable bonds is 9. The van der Waals surface area contributed by atoms with Crippen LogP contribution in [0.5, 0.6) is 0 Å². The van der Waals surface area contributed by atoms with E-state index in [1.54, 1.807) is 0 Å². The third-order valence-corrected chi connectivity index (χ3v) is 6.79. The summed E-state index contributed by atoms with van der Waals surface area (Å²) in [4.78, 5) is 0. The van der Waals surface area contributed by atoms with Gasteiger partial charge < -0.3 is 28.7 Å². The fourth-order valence-electron chi connectivity index (χ4n) is 1.18. The molecule has 0 amide bonds. The van der Waals surface area contributed by atoms with Crippen LogP contribution in [0.25, 0.3) is 0 Å². The first-order valence-corrected chi connectivity index (χ1v) is 9.29. The molecule has 4 atom stereocenters. The first kappa shape index (κ1) is 27.4. The Balaban J connectivity index is -0.00000144. The quantitative estimate of drug-likeness (QED) is 0.215. The second-order valence-corrected chi connectivity index (χ2v) is 9.35. The summed E-state index contributed by atoms with van der Waals surface area (Å²) in [5, 5.41) is 18.0. The first-order chi connectivity index (χ1) is 8.26. The summed E-state index contributed by atoms with van der Waals surface area (Å²) in [5.74, 6) is 0. The number of hydrogen-bond donors (Lipinski definition) is 0. The number of hydrogen-bond acceptors (Lipinski definition) is 10. The van der Waals surface area contributed by atoms with Crippen LogP contribution in [-0.4, -0.2) is 46.4 Å². The molecule has 0 saturated heterocycles. The molecule has 0 aliphatic heterocycles. The van der Waals surface area contributed by atoms with E-state index in [1.165, 1.54) is 14.2 Å². The standard InChI is InChI=1S/C6H14O8S4.2Na/c1-11-3-5(17(9,15)13-7)6(4-12-2)18(10,16)14-8;;/h5-8H,3-4H2,1-2H3;;/q;2*+1/p-2. The Morgan fingerprint density at radius 1 is 0.900 bits per heavy atom. The van der Waals surface area contributed by atoms with Crippen LogP contribution < -0.4 is 69.6 Å². The molecule has 0 aromatic carbocycles. The smallest absolute Gasteiger partial charge is 0.709 e. The van der Waals surface area contributed by atoms with E-state index in [-0.39, 0.29) is 72.3 Å². The van der Waals surface area contributed by atoms with Gasteiger partial charge >= 0.3 is 59.1 Å². The van der Waals surface area contributed by atoms with Gasteiger partial charge in [0.15, 0.2) is 0 Å². The van der Waals surface area contributed by atoms with Crippen molar-refractivity contribution in [3.63, 3.8) is 0 Å². The van der Waals surface area contributed by atoms with Crippen molar-refractivity contribution in [2.75, 3.05) is 27.4 Å². The molecular formula is C6H12Na2O8S4. The molecule has 0 aliphatic rings. The Morgan fingerprint density at radius 2 is 1.15 bits per heavy atom. The third-order valence-electron chi connectivity index (χ3n) is 2.01. The molecule has 0 fully saturated rings. The largest absolute Gasteiger partial charge is 1.00 e. The molecular weight excluding hydrogens is 374 g/mol. The Kier molecular flexibility index (Phi) is 17.6. The van der Waals surface area contributed by atoms with Crippen molar-refractivity contribution in [1.82, 2.24) is 0 Å². The van der Waals surface area contributed by atoms with Gasteiger partial charge in [0.05, 0.1) is 13.2 Å². The van der Waals surface area contributed by atoms with Crippen molar-refractivity contribution in [3.05, 3.63) is 0 Å². The monoisotopic (exact) mass is 386 g/mol. The fraction of sp³-hybridized carbons (Fsp3) is 1.00. The van der Waals surface area contributed by atoms with E-state index >= 15 is 0 Å². The van der Waals surface area contributed by atoms with E-state index in [0.717, 1.165) is 0 Å². The third kappa shape index (κ3) is 8.38. The maximum absolute atomic E-state index is 11.7. The molecule has 110 valence electrons. The van der Waals surface area contributed by atoms with Gasteiger partial charge in [0.1, 0.15) is 28.0 Å². The molecule has 0 saturated carbocycles. The van der Waals surface area contributed by atoms with Crippen molar-refractivity contribution < 1.29 is 96.2 Å². The van der Waals surface area contributed by atoms with Crippen LogP contribution in [0.15, 0.2) is 0 Å². The maximum Gasteiger partial charge on any atom is 1.00 e. The zero-order chi connectivity index (χ0) is 14.4. The molecule has 4 unspecified atom stereocenters. The van der Waals surface area contributed by atoms with Crippen molar-refractivity contribution >= 4 is 39.9 Å². The van der Waals surface area contributed by atoms with Crippen molar-refractivity contribution in [2.45, 2.75) is 10.5 Å². The van der Waals surface area contributed by atoms with Crippen LogP contribution in [-0.2, 0) is 58.1 Å². The summed E-state index contributed by atoms with van der Waals surface area (Å²) in [6, 6.07) is 0. The molecule has 0 heterocycles. The molecule has 20 heavy (non-hydrogen) atoms. The van der Waals surface area contributed by atoms with Crippen LogP contribution in [0.4, 0.5) is 0 Å². The molecule has 0 radical (unpaired) electrons. The van der Waals surface area contributed by atoms with Gasteiger partial charge in [-0.1, -0.05) is 0 Å². The molecule has 0 aromatic heterocycles. The van der Waals surface area contributed by atoms with E-state index in [0.29, 0.717) is 0 Å². The van der Waals surface area contributed by atoms with Crippen LogP contribution in [0.2, 0.25) is 0 Å². The van der Waals surface area contributed by atoms with E-state index in [4.69, 9.17) is 9.47 Å². The first-order valence-electron chi connectivity index (χ1n) is 4.35. The molecule has 0 bridgehead atoms. The van der Waals surface area contributed by atoms with Gasteiger partial charge in [-0.15, -0.1) is 0 Å². The molecule has 14 heteroatoms. The summed E-state index contributed by atoms with van der Waals surface area (Å²) in [6.45, 7) is -0.703. The van der Waals surface area contributed by atoms with Crippen LogP contribution >= 0.6 is 0 Å². The minimum atomic E-state index is -3.83. The predicted molar refractivity (Wildman–Crippen MR) is 64.5 cm³/mol. The minimum absolute atomic E-state index is 0. The van der Waals surface area contributed by atoms with Crippen molar-refractivity contribution in [1.29, 1.82) is 0 Å². The summed E-state index contributed by atoms with van der Waals surface area (Å²) >= 11 is 8.93. The van der Waals surface area contributed by atoms with E-state index in [9.17, 15) is 18.9 Å². The average molecular weight is 386 g/mol. The van der Waals surface area contributed by atoms with Gasteiger partial charge in [0.25, 0.3) is 0 Å². The van der Waals surface area contributed by atoms with Gasteiger partial charge in [0, 0.05) is 36.6 Å². The molecule has 0 spiro atoms. The van der Waals surface area contributed by atoms with Crippen molar-refractivity contribution in [3.8, 4) is 0 Å². The zero-order valence-corrected chi connectivity index (χ0v) is 18.7. The Labute approximate surface area is 172 Å². The maximum atomic E-state index is 11.7. The average Bonchev–Trinajstić information content (AvgIpc) is 2.33. The van der Waals surface area contributed by atoms with Gasteiger partial charge in [-0.25, -0.2) is 8.42 Å². The van der Waals surface area contributed by atoms with Gasteiger partial charge in [-0.2, -0.15) is 0 Å². The minimum Gasteiger partial charge on any atom is -0.709 e. The van der Waals surface area contributed by atoms with E-state index in [2.05, 4.69) is 31.0 Å².